The molecule has 3 aliphatic heterocycles. The third kappa shape index (κ3) is 20.1. The van der Waals surface area contributed by atoms with Crippen molar-refractivity contribution in [2.45, 2.75) is 176 Å². The van der Waals surface area contributed by atoms with Gasteiger partial charge in [-0.05, 0) is 102 Å². The molecule has 6 unspecified atom stereocenters. The quantitative estimate of drug-likeness (QED) is 0.0855. The first-order chi connectivity index (χ1) is 25.0. The third-order valence-corrected chi connectivity index (χ3v) is 11.8. The van der Waals surface area contributed by atoms with Crippen molar-refractivity contribution >= 4 is 38.6 Å². The largest absolute Gasteiger partial charge is 1.00 e. The minimum absolute atomic E-state index is 0. The number of ketones is 2. The first kappa shape index (κ1) is 50.0. The van der Waals surface area contributed by atoms with Gasteiger partial charge >= 0.3 is 40.0 Å². The summed E-state index contributed by atoms with van der Waals surface area (Å²) in [6.07, 6.45) is 16.1. The van der Waals surface area contributed by atoms with Crippen molar-refractivity contribution in [3.8, 4) is 0 Å². The van der Waals surface area contributed by atoms with E-state index in [0.29, 0.717) is 38.1 Å². The van der Waals surface area contributed by atoms with Crippen LogP contribution < -0.4 is 18.9 Å². The van der Waals surface area contributed by atoms with Crippen LogP contribution in [0.2, 0.25) is 0 Å². The van der Waals surface area contributed by atoms with Crippen LogP contribution in [0.4, 0.5) is 0 Å². The van der Waals surface area contributed by atoms with Crippen molar-refractivity contribution < 1.29 is 60.3 Å². The maximum absolute atomic E-state index is 13.3. The first-order valence-electron chi connectivity index (χ1n) is 20.7. The van der Waals surface area contributed by atoms with Gasteiger partial charge in [-0.3, -0.25) is 14.4 Å². The summed E-state index contributed by atoms with van der Waals surface area (Å²) in [6.45, 7) is 17.6. The van der Waals surface area contributed by atoms with Gasteiger partial charge in [0.1, 0.15) is 17.9 Å². The number of rotatable bonds is 12. The molecule has 1 amide bonds. The maximum Gasteiger partial charge on any atom is 1.00 e. The summed E-state index contributed by atoms with van der Waals surface area (Å²) >= 11 is -1.83. The number of fused-ring (bicyclic) bond motifs is 3. The number of Topliss-reactive ketones (excluding diaryl/α,β-unsaturated/α-hetero) is 2. The van der Waals surface area contributed by atoms with Crippen molar-refractivity contribution in [1.82, 2.24) is 4.90 Å². The van der Waals surface area contributed by atoms with Gasteiger partial charge in [0.05, 0.1) is 12.7 Å². The molecule has 12 heteroatoms. The van der Waals surface area contributed by atoms with E-state index in [-0.39, 0.29) is 50.6 Å². The zero-order chi connectivity index (χ0) is 38.3. The van der Waals surface area contributed by atoms with Crippen molar-refractivity contribution in [3.05, 3.63) is 11.6 Å². The fourth-order valence-corrected chi connectivity index (χ4v) is 8.11. The number of hydrogen-bond acceptors (Lipinski definition) is 9. The molecule has 2 bridgehead atoms. The van der Waals surface area contributed by atoms with E-state index in [1.54, 1.807) is 0 Å². The van der Waals surface area contributed by atoms with E-state index in [1.807, 2.05) is 19.9 Å². The predicted molar refractivity (Wildman–Crippen MR) is 207 cm³/mol. The van der Waals surface area contributed by atoms with E-state index in [2.05, 4.69) is 34.6 Å². The molecular formula is C41H73AlLiNO9. The van der Waals surface area contributed by atoms with E-state index >= 15 is 0 Å². The molecule has 0 spiro atoms. The Morgan fingerprint density at radius 2 is 1.42 bits per heavy atom. The minimum atomic E-state index is -1.83. The topological polar surface area (TPSA) is 118 Å². The fraction of sp³-hybridized carbons (Fsp3) is 0.854. The smallest absolute Gasteiger partial charge is 1.00 e. The number of unbranched alkanes of at least 4 members (excludes halogenated alkanes) is 3. The molecule has 3 aliphatic rings. The van der Waals surface area contributed by atoms with Gasteiger partial charge in [-0.1, -0.05) is 72.5 Å². The molecule has 0 aromatic rings. The van der Waals surface area contributed by atoms with E-state index < -0.39 is 45.0 Å². The van der Waals surface area contributed by atoms with Gasteiger partial charge in [0.2, 0.25) is 5.78 Å². The van der Waals surface area contributed by atoms with Crippen molar-refractivity contribution in [2.75, 3.05) is 33.0 Å². The molecule has 300 valence electrons. The monoisotopic (exact) mass is 758 g/mol. The van der Waals surface area contributed by atoms with Crippen LogP contribution in [0, 0.1) is 17.8 Å². The van der Waals surface area contributed by atoms with Crippen LogP contribution in [-0.4, -0.2) is 94.7 Å². The molecule has 0 radical (unpaired) electrons. The average molecular weight is 758 g/mol. The number of allylic oxidation sites excluding steroid dienone is 2. The number of ether oxygens (including phenoxy) is 2. The number of esters is 1. The molecule has 6 atom stereocenters. The minimum Gasteiger partial charge on any atom is -1.00 e. The van der Waals surface area contributed by atoms with Crippen LogP contribution in [0.15, 0.2) is 11.6 Å². The van der Waals surface area contributed by atoms with Gasteiger partial charge in [0.15, 0.2) is 0 Å². The summed E-state index contributed by atoms with van der Waals surface area (Å²) in [5.41, 5.74) is 1.22. The Labute approximate surface area is 340 Å². The molecule has 0 aromatic heterocycles. The molecule has 3 heterocycles. The molecule has 10 nitrogen and oxygen atoms in total. The zero-order valence-corrected chi connectivity index (χ0v) is 36.0. The molecule has 0 N–H and O–H groups in total. The SMILES string of the molecule is C/C1=C/CC(=O)CCC(C)COC(=O)C2CCCCN2C(=O)C(=O)C2OC(CCC(C)C1)CCC2C.CCCC[O][Al]([O]CCCC)[O]CCCC.[H-].[Li+]. The fourth-order valence-electron chi connectivity index (χ4n) is 6.75. The van der Waals surface area contributed by atoms with Crippen molar-refractivity contribution in [3.63, 3.8) is 0 Å². The van der Waals surface area contributed by atoms with Gasteiger partial charge in [-0.15, -0.1) is 0 Å². The summed E-state index contributed by atoms with van der Waals surface area (Å²) in [6, 6.07) is -0.734. The summed E-state index contributed by atoms with van der Waals surface area (Å²) in [4.78, 5) is 53.4. The molecule has 0 saturated carbocycles. The van der Waals surface area contributed by atoms with Crippen LogP contribution in [0.25, 0.3) is 0 Å². The summed E-state index contributed by atoms with van der Waals surface area (Å²) in [5.74, 6) is -0.950. The van der Waals surface area contributed by atoms with Gasteiger partial charge in [-0.25, -0.2) is 4.79 Å². The third-order valence-electron chi connectivity index (χ3n) is 10.3. The second-order valence-electron chi connectivity index (χ2n) is 15.5. The first-order valence-corrected chi connectivity index (χ1v) is 22.1. The van der Waals surface area contributed by atoms with Crippen LogP contribution in [0.1, 0.15) is 159 Å². The summed E-state index contributed by atoms with van der Waals surface area (Å²) < 4.78 is 28.8. The van der Waals surface area contributed by atoms with Gasteiger partial charge in [0, 0.05) is 39.2 Å². The molecule has 2 saturated heterocycles. The number of piperidine rings is 1. The number of hydrogen-bond donors (Lipinski definition) is 0. The second kappa shape index (κ2) is 29.3. The predicted octanol–water partition coefficient (Wildman–Crippen LogP) is 5.34. The van der Waals surface area contributed by atoms with Crippen LogP contribution in [0.5, 0.6) is 0 Å². The van der Waals surface area contributed by atoms with Gasteiger partial charge in [-0.2, -0.15) is 0 Å². The van der Waals surface area contributed by atoms with Crippen molar-refractivity contribution in [2.24, 2.45) is 17.8 Å². The Hall–Kier alpha value is -1.01. The van der Waals surface area contributed by atoms with E-state index in [4.69, 9.17) is 20.8 Å². The Bertz CT molecular complexity index is 1080. The average Bonchev–Trinajstić information content (AvgIpc) is 3.14. The van der Waals surface area contributed by atoms with Crippen LogP contribution >= 0.6 is 0 Å². The molecule has 2 fully saturated rings. The summed E-state index contributed by atoms with van der Waals surface area (Å²) in [5, 5.41) is 0. The maximum atomic E-state index is 13.3. The molecule has 3 rings (SSSR count). The standard InChI is InChI=1S/C29H45NO6.3C4H9O.Al.Li.H/c1-19-8-12-23(31)13-9-21(3)18-35-29(34)25-7-5-6-16-30(25)28(33)26(32)27-22(4)11-15-24(36-27)14-10-20(2)17-19;3*1-2-3-4-5;;;/h8,20-22,24-25,27H,5-7,9-18H2,1-4H3;3*2-4H2,1H3;;;/q;3*-1;+3;+1;-1/b19-8-;;;;;;. The van der Waals surface area contributed by atoms with Crippen LogP contribution in [0.3, 0.4) is 0 Å². The Morgan fingerprint density at radius 1 is 0.811 bits per heavy atom. The Morgan fingerprint density at radius 3 is 2.02 bits per heavy atom. The molecule has 0 aliphatic carbocycles. The number of cyclic esters (lactones) is 1. The molecule has 53 heavy (non-hydrogen) atoms. The number of carbonyl (C=O) groups excluding carboxylic acids is 4. The van der Waals surface area contributed by atoms with Crippen molar-refractivity contribution in [1.29, 1.82) is 0 Å². The van der Waals surface area contributed by atoms with E-state index in [1.165, 1.54) is 10.5 Å². The van der Waals surface area contributed by atoms with E-state index in [9.17, 15) is 19.2 Å². The number of amides is 1. The van der Waals surface area contributed by atoms with E-state index in [0.717, 1.165) is 103 Å². The molecular weight excluding hydrogens is 684 g/mol. The molecule has 0 aromatic carbocycles. The number of carbonyl (C=O) groups is 4. The normalized spacial score (nSPS) is 27.8. The van der Waals surface area contributed by atoms with Crippen LogP contribution in [-0.2, 0) is 40.0 Å². The Kier molecular flexibility index (Phi) is 27.6. The zero-order valence-electron chi connectivity index (χ0n) is 35.8. The van der Waals surface area contributed by atoms with Gasteiger partial charge in [0.25, 0.3) is 5.91 Å². The van der Waals surface area contributed by atoms with Gasteiger partial charge < -0.3 is 27.2 Å². The number of nitrogens with zero attached hydrogens (tertiary/aromatic N) is 1. The second-order valence-corrected chi connectivity index (χ2v) is 17.1. The summed E-state index contributed by atoms with van der Waals surface area (Å²) in [7, 11) is 0. The Balaban J connectivity index is 0.00000133.